The Morgan fingerprint density at radius 2 is 2.00 bits per heavy atom. The molecular formula is C22H42N3O3+. The minimum Gasteiger partial charge on any atom is -0.502 e. The van der Waals surface area contributed by atoms with E-state index in [-0.39, 0.29) is 11.8 Å². The van der Waals surface area contributed by atoms with Crippen molar-refractivity contribution in [3.05, 3.63) is 12.3 Å². The van der Waals surface area contributed by atoms with Crippen molar-refractivity contribution in [2.75, 3.05) is 39.5 Å². The van der Waals surface area contributed by atoms with Crippen LogP contribution in [-0.4, -0.2) is 65.8 Å². The van der Waals surface area contributed by atoms with Crippen molar-refractivity contribution in [1.82, 2.24) is 9.91 Å². The maximum atomic E-state index is 12.4. The van der Waals surface area contributed by atoms with Gasteiger partial charge in [-0.1, -0.05) is 20.3 Å². The third-order valence-corrected chi connectivity index (χ3v) is 5.51. The third-order valence-electron chi connectivity index (χ3n) is 5.51. The minimum atomic E-state index is 0.0884. The van der Waals surface area contributed by atoms with Crippen LogP contribution in [0.25, 0.3) is 0 Å². The number of amides is 2. The highest BCUT2D eigenvalue weighted by atomic mass is 16.5. The van der Waals surface area contributed by atoms with E-state index in [1.165, 1.54) is 12.8 Å². The number of allylic oxidation sites excluding steroid dienone is 1. The van der Waals surface area contributed by atoms with Crippen molar-refractivity contribution in [1.29, 1.82) is 0 Å². The molecule has 0 bridgehead atoms. The minimum absolute atomic E-state index is 0.0884. The van der Waals surface area contributed by atoms with Gasteiger partial charge in [0.1, 0.15) is 13.1 Å². The first-order chi connectivity index (χ1) is 13.5. The van der Waals surface area contributed by atoms with Crippen LogP contribution >= 0.6 is 0 Å². The number of nitrogens with zero attached hydrogens (tertiary/aromatic N) is 3. The van der Waals surface area contributed by atoms with Crippen molar-refractivity contribution in [3.63, 3.8) is 0 Å². The zero-order valence-corrected chi connectivity index (χ0v) is 18.6. The first-order valence-electron chi connectivity index (χ1n) is 11.2. The van der Waals surface area contributed by atoms with E-state index in [1.807, 2.05) is 16.2 Å². The molecule has 6 heteroatoms. The lowest BCUT2D eigenvalue weighted by Crippen LogP contribution is -2.66. The Morgan fingerprint density at radius 3 is 2.57 bits per heavy atom. The molecule has 1 unspecified atom stereocenters. The Hall–Kier alpha value is -1.56. The van der Waals surface area contributed by atoms with Gasteiger partial charge < -0.3 is 4.74 Å². The molecule has 0 saturated carbocycles. The highest BCUT2D eigenvalue weighted by Crippen LogP contribution is 2.21. The molecule has 1 fully saturated rings. The number of carbonyl (C=O) groups excluding carboxylic acids is 2. The average Bonchev–Trinajstić information content (AvgIpc) is 3.08. The molecule has 1 aliphatic rings. The topological polar surface area (TPSA) is 49.9 Å². The molecule has 1 aliphatic heterocycles. The standard InChI is InChI=1S/C22H42N3O3/c1-5-8-9-11-18-28-19-12-10-17-25(7-3,24(15-6-2)21(4)26)20-23-16-13-14-22(23)27/h11,18H,5-10,12-17,19-20H2,1-4H3/q+1. The number of hydrogen-bond acceptors (Lipinski definition) is 3. The molecular weight excluding hydrogens is 354 g/mol. The van der Waals surface area contributed by atoms with E-state index in [0.29, 0.717) is 24.3 Å². The van der Waals surface area contributed by atoms with Gasteiger partial charge in [-0.05, 0) is 45.1 Å². The van der Waals surface area contributed by atoms with Crippen molar-refractivity contribution in [3.8, 4) is 0 Å². The molecule has 0 aromatic carbocycles. The van der Waals surface area contributed by atoms with Crippen LogP contribution in [0, 0.1) is 0 Å². The Bertz CT molecular complexity index is 495. The smallest absolute Gasteiger partial charge is 0.264 e. The summed E-state index contributed by atoms with van der Waals surface area (Å²) in [6.07, 6.45) is 11.8. The molecule has 1 heterocycles. The van der Waals surface area contributed by atoms with Crippen LogP contribution < -0.4 is 0 Å². The van der Waals surface area contributed by atoms with Crippen LogP contribution in [-0.2, 0) is 14.3 Å². The van der Waals surface area contributed by atoms with Crippen molar-refractivity contribution in [2.45, 2.75) is 79.1 Å². The average molecular weight is 397 g/mol. The Morgan fingerprint density at radius 1 is 1.21 bits per heavy atom. The van der Waals surface area contributed by atoms with Gasteiger partial charge in [-0.3, -0.25) is 14.5 Å². The summed E-state index contributed by atoms with van der Waals surface area (Å²) in [6.45, 7) is 12.5. The maximum absolute atomic E-state index is 12.4. The van der Waals surface area contributed by atoms with Gasteiger partial charge in [0.2, 0.25) is 5.91 Å². The third kappa shape index (κ3) is 7.82. The van der Waals surface area contributed by atoms with E-state index in [4.69, 9.17) is 4.74 Å². The zero-order chi connectivity index (χ0) is 20.8. The van der Waals surface area contributed by atoms with E-state index >= 15 is 0 Å². The number of carbonyl (C=O) groups is 2. The number of hydrogen-bond donors (Lipinski definition) is 0. The highest BCUT2D eigenvalue weighted by Gasteiger charge is 2.39. The van der Waals surface area contributed by atoms with Crippen molar-refractivity contribution >= 4 is 11.8 Å². The van der Waals surface area contributed by atoms with Gasteiger partial charge in [-0.25, -0.2) is 4.59 Å². The predicted molar refractivity (Wildman–Crippen MR) is 113 cm³/mol. The molecule has 0 aromatic heterocycles. The SMILES string of the molecule is CCCCC=COCCCC[N+](CC)(CN1CCCC1=O)N(CCC)C(C)=O. The summed E-state index contributed by atoms with van der Waals surface area (Å²) in [4.78, 5) is 26.6. The van der Waals surface area contributed by atoms with Crippen LogP contribution in [0.3, 0.4) is 0 Å². The maximum Gasteiger partial charge on any atom is 0.264 e. The van der Waals surface area contributed by atoms with Crippen LogP contribution in [0.4, 0.5) is 0 Å². The normalized spacial score (nSPS) is 16.6. The van der Waals surface area contributed by atoms with Gasteiger partial charge in [0.25, 0.3) is 5.91 Å². The summed E-state index contributed by atoms with van der Waals surface area (Å²) < 4.78 is 6.14. The van der Waals surface area contributed by atoms with Gasteiger partial charge in [-0.2, -0.15) is 5.01 Å². The molecule has 1 rings (SSSR count). The number of ether oxygens (including phenoxy) is 1. The van der Waals surface area contributed by atoms with E-state index in [9.17, 15) is 9.59 Å². The number of rotatable bonds is 15. The molecule has 1 atom stereocenters. The quantitative estimate of drug-likeness (QED) is 0.181. The van der Waals surface area contributed by atoms with Gasteiger partial charge >= 0.3 is 0 Å². The summed E-state index contributed by atoms with van der Waals surface area (Å²) in [5, 5.41) is 1.97. The van der Waals surface area contributed by atoms with Crippen LogP contribution in [0.2, 0.25) is 0 Å². The number of unbranched alkanes of at least 4 members (excludes halogenated alkanes) is 3. The first kappa shape index (κ1) is 24.5. The van der Waals surface area contributed by atoms with E-state index in [2.05, 4.69) is 26.8 Å². The summed E-state index contributed by atoms with van der Waals surface area (Å²) in [6, 6.07) is 0. The lowest BCUT2D eigenvalue weighted by Gasteiger charge is -2.46. The van der Waals surface area contributed by atoms with E-state index in [0.717, 1.165) is 58.3 Å². The molecule has 6 nitrogen and oxygen atoms in total. The fourth-order valence-corrected chi connectivity index (χ4v) is 3.87. The van der Waals surface area contributed by atoms with Gasteiger partial charge in [0.15, 0.2) is 6.67 Å². The molecule has 0 aromatic rings. The van der Waals surface area contributed by atoms with Crippen LogP contribution in [0.5, 0.6) is 0 Å². The highest BCUT2D eigenvalue weighted by molar-refractivity contribution is 5.77. The summed E-state index contributed by atoms with van der Waals surface area (Å²) in [5.41, 5.74) is 0. The number of likely N-dealkylation sites (tertiary alicyclic amines) is 1. The number of quaternary nitrogens is 1. The monoisotopic (exact) mass is 396 g/mol. The molecule has 0 N–H and O–H groups in total. The zero-order valence-electron chi connectivity index (χ0n) is 18.6. The van der Waals surface area contributed by atoms with Gasteiger partial charge in [0.05, 0.1) is 19.4 Å². The second-order valence-corrected chi connectivity index (χ2v) is 7.77. The largest absolute Gasteiger partial charge is 0.502 e. The predicted octanol–water partition coefficient (Wildman–Crippen LogP) is 4.08. The Kier molecular flexibility index (Phi) is 11.9. The van der Waals surface area contributed by atoms with Crippen LogP contribution in [0.15, 0.2) is 12.3 Å². The van der Waals surface area contributed by atoms with Gasteiger partial charge in [-0.15, -0.1) is 0 Å². The molecule has 2 amide bonds. The molecule has 28 heavy (non-hydrogen) atoms. The summed E-state index contributed by atoms with van der Waals surface area (Å²) >= 11 is 0. The molecule has 1 saturated heterocycles. The molecule has 0 radical (unpaired) electrons. The van der Waals surface area contributed by atoms with E-state index < -0.39 is 0 Å². The Labute approximate surface area is 172 Å². The second kappa shape index (κ2) is 13.6. The summed E-state index contributed by atoms with van der Waals surface area (Å²) in [5.74, 6) is 0.307. The second-order valence-electron chi connectivity index (χ2n) is 7.77. The molecule has 0 spiro atoms. The lowest BCUT2D eigenvalue weighted by atomic mass is 10.2. The van der Waals surface area contributed by atoms with E-state index in [1.54, 1.807) is 6.92 Å². The van der Waals surface area contributed by atoms with Crippen molar-refractivity contribution < 1.29 is 18.9 Å². The molecule has 0 aliphatic carbocycles. The van der Waals surface area contributed by atoms with Gasteiger partial charge in [0, 0.05) is 26.3 Å². The lowest BCUT2D eigenvalue weighted by molar-refractivity contribution is -1.03. The Balaban J connectivity index is 2.67. The molecule has 162 valence electrons. The first-order valence-corrected chi connectivity index (χ1v) is 11.2. The van der Waals surface area contributed by atoms with Crippen molar-refractivity contribution in [2.24, 2.45) is 0 Å². The fraction of sp³-hybridized carbons (Fsp3) is 0.818. The summed E-state index contributed by atoms with van der Waals surface area (Å²) in [7, 11) is 0. The van der Waals surface area contributed by atoms with Crippen LogP contribution in [0.1, 0.15) is 79.1 Å². The fourth-order valence-electron chi connectivity index (χ4n) is 3.87.